The number of amides is 1. The van der Waals surface area contributed by atoms with Crippen molar-refractivity contribution in [2.24, 2.45) is 5.73 Å². The van der Waals surface area contributed by atoms with Crippen molar-refractivity contribution >= 4 is 15.9 Å². The van der Waals surface area contributed by atoms with Gasteiger partial charge in [0.2, 0.25) is 10.0 Å². The van der Waals surface area contributed by atoms with Crippen LogP contribution in [0.3, 0.4) is 0 Å². The van der Waals surface area contributed by atoms with Gasteiger partial charge in [-0.25, -0.2) is 17.5 Å². The molecule has 0 unspecified atom stereocenters. The van der Waals surface area contributed by atoms with E-state index < -0.39 is 21.4 Å². The molecule has 6 nitrogen and oxygen atoms in total. The second-order valence-corrected chi connectivity index (χ2v) is 8.62. The molecule has 1 amide bonds. The minimum atomic E-state index is -3.89. The van der Waals surface area contributed by atoms with Crippen LogP contribution in [0, 0.1) is 5.82 Å². The van der Waals surface area contributed by atoms with Crippen LogP contribution in [0.2, 0.25) is 0 Å². The van der Waals surface area contributed by atoms with Gasteiger partial charge < -0.3 is 10.6 Å². The molecule has 3 N–H and O–H groups in total. The third-order valence-electron chi connectivity index (χ3n) is 5.18. The maximum Gasteiger partial charge on any atom is 0.256 e. The first-order valence-electron chi connectivity index (χ1n) is 8.70. The number of hydrogen-bond acceptors (Lipinski definition) is 4. The molecule has 25 heavy (non-hydrogen) atoms. The molecule has 1 aliphatic heterocycles. The standard InChI is InChI=1S/C17H24FN3O3S/c18-15-11-13(5-6-14(15)16(22)21-9-3-4-10-21)25(23,24)20-17(12-19)7-1-2-8-17/h5-6,11,20H,1-4,7-10,12,19H2. The summed E-state index contributed by atoms with van der Waals surface area (Å²) in [5.74, 6) is -1.20. The minimum absolute atomic E-state index is 0.0877. The predicted octanol–water partition coefficient (Wildman–Crippen LogP) is 1.61. The van der Waals surface area contributed by atoms with Crippen LogP contribution in [-0.4, -0.2) is 44.4 Å². The van der Waals surface area contributed by atoms with Crippen molar-refractivity contribution in [2.75, 3.05) is 19.6 Å². The lowest BCUT2D eigenvalue weighted by Gasteiger charge is -2.28. The molecule has 1 saturated heterocycles. The zero-order chi connectivity index (χ0) is 18.1. The summed E-state index contributed by atoms with van der Waals surface area (Å²) in [7, 11) is -3.89. The van der Waals surface area contributed by atoms with E-state index in [1.807, 2.05) is 0 Å². The van der Waals surface area contributed by atoms with Crippen molar-refractivity contribution in [1.29, 1.82) is 0 Å². The molecule has 0 aromatic heterocycles. The first-order chi connectivity index (χ1) is 11.9. The third-order valence-corrected chi connectivity index (χ3v) is 6.75. The molecule has 0 spiro atoms. The Morgan fingerprint density at radius 2 is 1.84 bits per heavy atom. The number of rotatable bonds is 5. The van der Waals surface area contributed by atoms with Gasteiger partial charge in [-0.1, -0.05) is 12.8 Å². The molecule has 3 rings (SSSR count). The highest BCUT2D eigenvalue weighted by molar-refractivity contribution is 7.89. The fraction of sp³-hybridized carbons (Fsp3) is 0.588. The van der Waals surface area contributed by atoms with E-state index in [9.17, 15) is 17.6 Å². The van der Waals surface area contributed by atoms with Crippen molar-refractivity contribution < 1.29 is 17.6 Å². The second kappa shape index (κ2) is 7.01. The normalized spacial score (nSPS) is 20.2. The topological polar surface area (TPSA) is 92.5 Å². The number of carbonyl (C=O) groups is 1. The van der Waals surface area contributed by atoms with E-state index >= 15 is 0 Å². The van der Waals surface area contributed by atoms with Crippen LogP contribution in [0.4, 0.5) is 4.39 Å². The Hall–Kier alpha value is -1.51. The highest BCUT2D eigenvalue weighted by Crippen LogP contribution is 2.30. The molecule has 138 valence electrons. The average Bonchev–Trinajstić information content (AvgIpc) is 3.26. The highest BCUT2D eigenvalue weighted by Gasteiger charge is 2.37. The van der Waals surface area contributed by atoms with Crippen molar-refractivity contribution in [1.82, 2.24) is 9.62 Å². The van der Waals surface area contributed by atoms with E-state index in [1.54, 1.807) is 4.90 Å². The first-order valence-corrected chi connectivity index (χ1v) is 10.2. The molecule has 0 bridgehead atoms. The Labute approximate surface area is 147 Å². The minimum Gasteiger partial charge on any atom is -0.339 e. The van der Waals surface area contributed by atoms with Crippen LogP contribution in [-0.2, 0) is 10.0 Å². The van der Waals surface area contributed by atoms with Gasteiger partial charge in [-0.2, -0.15) is 0 Å². The van der Waals surface area contributed by atoms with Crippen molar-refractivity contribution in [3.8, 4) is 0 Å². The van der Waals surface area contributed by atoms with E-state index in [2.05, 4.69) is 4.72 Å². The molecule has 0 atom stereocenters. The molecule has 1 heterocycles. The van der Waals surface area contributed by atoms with Crippen LogP contribution in [0.5, 0.6) is 0 Å². The van der Waals surface area contributed by atoms with Gasteiger partial charge in [0, 0.05) is 25.2 Å². The number of halogens is 1. The summed E-state index contributed by atoms with van der Waals surface area (Å²) in [5, 5.41) is 0. The summed E-state index contributed by atoms with van der Waals surface area (Å²) in [5.41, 5.74) is 5.03. The molecule has 1 aromatic rings. The van der Waals surface area contributed by atoms with Crippen molar-refractivity contribution in [3.63, 3.8) is 0 Å². The lowest BCUT2D eigenvalue weighted by atomic mass is 10.0. The van der Waals surface area contributed by atoms with Gasteiger partial charge in [0.15, 0.2) is 0 Å². The first kappa shape index (κ1) is 18.3. The lowest BCUT2D eigenvalue weighted by Crippen LogP contribution is -2.51. The van der Waals surface area contributed by atoms with E-state index in [4.69, 9.17) is 5.73 Å². The number of hydrogen-bond donors (Lipinski definition) is 2. The molecule has 1 aromatic carbocycles. The molecule has 2 fully saturated rings. The van der Waals surface area contributed by atoms with Crippen LogP contribution in [0.1, 0.15) is 48.9 Å². The molecule has 1 saturated carbocycles. The average molecular weight is 369 g/mol. The molecule has 2 aliphatic rings. The number of benzene rings is 1. The SMILES string of the molecule is NCC1(NS(=O)(=O)c2ccc(C(=O)N3CCCC3)c(F)c2)CCCC1. The predicted molar refractivity (Wildman–Crippen MR) is 92.1 cm³/mol. The number of likely N-dealkylation sites (tertiary alicyclic amines) is 1. The van der Waals surface area contributed by atoms with Crippen LogP contribution in [0.25, 0.3) is 0 Å². The van der Waals surface area contributed by atoms with Crippen molar-refractivity contribution in [3.05, 3.63) is 29.6 Å². The Bertz CT molecular complexity index is 754. The Balaban J connectivity index is 1.82. The van der Waals surface area contributed by atoms with Crippen LogP contribution < -0.4 is 10.5 Å². The van der Waals surface area contributed by atoms with Gasteiger partial charge in [-0.15, -0.1) is 0 Å². The second-order valence-electron chi connectivity index (χ2n) is 6.94. The van der Waals surface area contributed by atoms with Gasteiger partial charge in [-0.3, -0.25) is 4.79 Å². The summed E-state index contributed by atoms with van der Waals surface area (Å²) >= 11 is 0. The summed E-state index contributed by atoms with van der Waals surface area (Å²) < 4.78 is 42.3. The Morgan fingerprint density at radius 1 is 1.20 bits per heavy atom. The van der Waals surface area contributed by atoms with Gasteiger partial charge in [0.05, 0.1) is 10.5 Å². The highest BCUT2D eigenvalue weighted by atomic mass is 32.2. The summed E-state index contributed by atoms with van der Waals surface area (Å²) in [6, 6.07) is 3.47. The fourth-order valence-electron chi connectivity index (χ4n) is 3.67. The van der Waals surface area contributed by atoms with Gasteiger partial charge in [0.25, 0.3) is 5.91 Å². The Kier molecular flexibility index (Phi) is 5.13. The van der Waals surface area contributed by atoms with E-state index in [-0.39, 0.29) is 22.9 Å². The molecular formula is C17H24FN3O3S. The zero-order valence-corrected chi connectivity index (χ0v) is 14.9. The van der Waals surface area contributed by atoms with Crippen molar-refractivity contribution in [2.45, 2.75) is 49.0 Å². The molecule has 8 heteroatoms. The maximum absolute atomic E-state index is 14.4. The number of nitrogens with two attached hydrogens (primary N) is 1. The molecule has 0 radical (unpaired) electrons. The van der Waals surface area contributed by atoms with Crippen LogP contribution in [0.15, 0.2) is 23.1 Å². The van der Waals surface area contributed by atoms with Gasteiger partial charge >= 0.3 is 0 Å². The summed E-state index contributed by atoms with van der Waals surface area (Å²) in [6.07, 6.45) is 5.00. The van der Waals surface area contributed by atoms with Crippen LogP contribution >= 0.6 is 0 Å². The third kappa shape index (κ3) is 3.70. The number of nitrogens with zero attached hydrogens (tertiary/aromatic N) is 1. The monoisotopic (exact) mass is 369 g/mol. The molecule has 1 aliphatic carbocycles. The largest absolute Gasteiger partial charge is 0.339 e. The molecular weight excluding hydrogens is 345 g/mol. The fourth-order valence-corrected chi connectivity index (χ4v) is 5.15. The Morgan fingerprint density at radius 3 is 2.40 bits per heavy atom. The van der Waals surface area contributed by atoms with E-state index in [1.165, 1.54) is 12.1 Å². The quantitative estimate of drug-likeness (QED) is 0.825. The number of nitrogens with one attached hydrogen (secondary N) is 1. The lowest BCUT2D eigenvalue weighted by molar-refractivity contribution is 0.0788. The zero-order valence-electron chi connectivity index (χ0n) is 14.1. The van der Waals surface area contributed by atoms with E-state index in [0.29, 0.717) is 25.9 Å². The maximum atomic E-state index is 14.4. The smallest absolute Gasteiger partial charge is 0.256 e. The summed E-state index contributed by atoms with van der Waals surface area (Å²) in [6.45, 7) is 1.43. The number of sulfonamides is 1. The van der Waals surface area contributed by atoms with Gasteiger partial charge in [-0.05, 0) is 43.9 Å². The van der Waals surface area contributed by atoms with Gasteiger partial charge in [0.1, 0.15) is 5.82 Å². The summed E-state index contributed by atoms with van der Waals surface area (Å²) in [4.78, 5) is 13.7. The van der Waals surface area contributed by atoms with E-state index in [0.717, 1.165) is 31.7 Å². The number of carbonyl (C=O) groups excluding carboxylic acids is 1.